The average molecular weight is 283 g/mol. The van der Waals surface area contributed by atoms with E-state index in [9.17, 15) is 0 Å². The van der Waals surface area contributed by atoms with Crippen molar-refractivity contribution in [3.63, 3.8) is 0 Å². The van der Waals surface area contributed by atoms with Crippen LogP contribution in [0.5, 0.6) is 5.75 Å². The number of rotatable bonds is 2. The highest BCUT2D eigenvalue weighted by molar-refractivity contribution is 9.10. The number of benzene rings is 1. The summed E-state index contributed by atoms with van der Waals surface area (Å²) in [5.41, 5.74) is 6.49. The van der Waals surface area contributed by atoms with Crippen LogP contribution in [0.1, 0.15) is 0 Å². The van der Waals surface area contributed by atoms with Gasteiger partial charge in [-0.2, -0.15) is 4.98 Å². The van der Waals surface area contributed by atoms with E-state index in [2.05, 4.69) is 26.0 Å². The van der Waals surface area contributed by atoms with Crippen LogP contribution in [0, 0.1) is 0 Å². The van der Waals surface area contributed by atoms with E-state index in [0.29, 0.717) is 11.8 Å². The van der Waals surface area contributed by atoms with Crippen molar-refractivity contribution in [2.24, 2.45) is 7.05 Å². The number of nitrogen functional groups attached to an aromatic ring is 1. The highest BCUT2D eigenvalue weighted by Crippen LogP contribution is 2.29. The van der Waals surface area contributed by atoms with Crippen molar-refractivity contribution in [1.82, 2.24) is 14.8 Å². The molecule has 0 atom stereocenters. The minimum atomic E-state index is 0.379. The largest absolute Gasteiger partial charge is 0.497 e. The second kappa shape index (κ2) is 4.13. The van der Waals surface area contributed by atoms with E-state index in [-0.39, 0.29) is 0 Å². The number of hydrogen-bond donors (Lipinski definition) is 1. The summed E-state index contributed by atoms with van der Waals surface area (Å²) in [4.78, 5) is 4.16. The normalized spacial score (nSPS) is 10.4. The van der Waals surface area contributed by atoms with Gasteiger partial charge in [-0.15, -0.1) is 5.10 Å². The Balaban J connectivity index is 2.54. The van der Waals surface area contributed by atoms with Crippen LogP contribution in [-0.4, -0.2) is 21.9 Å². The summed E-state index contributed by atoms with van der Waals surface area (Å²) < 4.78 is 7.58. The molecular formula is C10H11BrN4O. The van der Waals surface area contributed by atoms with Crippen molar-refractivity contribution in [2.45, 2.75) is 0 Å². The zero-order chi connectivity index (χ0) is 11.7. The number of nitrogens with zero attached hydrogens (tertiary/aromatic N) is 3. The van der Waals surface area contributed by atoms with E-state index in [1.165, 1.54) is 4.68 Å². The van der Waals surface area contributed by atoms with Crippen LogP contribution in [-0.2, 0) is 7.05 Å². The van der Waals surface area contributed by atoms with Gasteiger partial charge in [0.25, 0.3) is 0 Å². The molecule has 0 radical (unpaired) electrons. The molecule has 5 nitrogen and oxygen atoms in total. The molecule has 0 fully saturated rings. The summed E-state index contributed by atoms with van der Waals surface area (Å²) in [5, 5.41) is 4.21. The predicted molar refractivity (Wildman–Crippen MR) is 65.1 cm³/mol. The smallest absolute Gasteiger partial charge is 0.218 e. The molecule has 1 heterocycles. The number of hydrogen-bond acceptors (Lipinski definition) is 4. The Labute approximate surface area is 101 Å². The van der Waals surface area contributed by atoms with Crippen LogP contribution >= 0.6 is 15.9 Å². The Hall–Kier alpha value is -1.56. The lowest BCUT2D eigenvalue weighted by Crippen LogP contribution is -1.97. The molecule has 1 aromatic heterocycles. The van der Waals surface area contributed by atoms with Crippen molar-refractivity contribution in [3.8, 4) is 17.1 Å². The molecule has 6 heteroatoms. The third-order valence-corrected chi connectivity index (χ3v) is 2.90. The number of halogens is 1. The first kappa shape index (κ1) is 10.9. The zero-order valence-corrected chi connectivity index (χ0v) is 10.5. The molecule has 0 aliphatic rings. The number of aryl methyl sites for hydroxylation is 1. The lowest BCUT2D eigenvalue weighted by Gasteiger charge is -2.03. The summed E-state index contributed by atoms with van der Waals surface area (Å²) in [5.74, 6) is 1.71. The molecule has 2 rings (SSSR count). The van der Waals surface area contributed by atoms with Gasteiger partial charge in [0.05, 0.1) is 7.11 Å². The van der Waals surface area contributed by atoms with Gasteiger partial charge >= 0.3 is 0 Å². The van der Waals surface area contributed by atoms with Gasteiger partial charge in [-0.05, 0) is 18.2 Å². The number of ether oxygens (including phenoxy) is 1. The highest BCUT2D eigenvalue weighted by Gasteiger charge is 2.11. The number of aromatic nitrogens is 3. The van der Waals surface area contributed by atoms with Gasteiger partial charge in [-0.3, -0.25) is 0 Å². The van der Waals surface area contributed by atoms with E-state index in [4.69, 9.17) is 10.5 Å². The Morgan fingerprint density at radius 2 is 2.19 bits per heavy atom. The van der Waals surface area contributed by atoms with Crippen molar-refractivity contribution < 1.29 is 4.74 Å². The van der Waals surface area contributed by atoms with Crippen LogP contribution < -0.4 is 10.5 Å². The third-order valence-electron chi connectivity index (χ3n) is 2.21. The lowest BCUT2D eigenvalue weighted by atomic mass is 10.2. The van der Waals surface area contributed by atoms with Gasteiger partial charge in [-0.1, -0.05) is 15.9 Å². The Bertz CT molecular complexity index is 504. The van der Waals surface area contributed by atoms with Crippen molar-refractivity contribution in [1.29, 1.82) is 0 Å². The van der Waals surface area contributed by atoms with E-state index in [1.807, 2.05) is 18.2 Å². The fourth-order valence-corrected chi connectivity index (χ4v) is 1.74. The van der Waals surface area contributed by atoms with Crippen LogP contribution in [0.3, 0.4) is 0 Å². The Morgan fingerprint density at radius 1 is 1.44 bits per heavy atom. The molecule has 16 heavy (non-hydrogen) atoms. The maximum Gasteiger partial charge on any atom is 0.218 e. The Morgan fingerprint density at radius 3 is 2.75 bits per heavy atom. The molecule has 0 aliphatic heterocycles. The highest BCUT2D eigenvalue weighted by atomic mass is 79.9. The molecule has 0 saturated heterocycles. The monoisotopic (exact) mass is 282 g/mol. The van der Waals surface area contributed by atoms with Crippen LogP contribution in [0.25, 0.3) is 11.4 Å². The minimum Gasteiger partial charge on any atom is -0.497 e. The summed E-state index contributed by atoms with van der Waals surface area (Å²) in [6.45, 7) is 0. The fourth-order valence-electron chi connectivity index (χ4n) is 1.31. The second-order valence-electron chi connectivity index (χ2n) is 3.26. The number of methoxy groups -OCH3 is 1. The molecule has 0 bridgehead atoms. The quantitative estimate of drug-likeness (QED) is 0.913. The molecule has 0 aliphatic carbocycles. The van der Waals surface area contributed by atoms with Crippen LogP contribution in [0.15, 0.2) is 22.7 Å². The van der Waals surface area contributed by atoms with Gasteiger partial charge in [0.2, 0.25) is 5.95 Å². The first-order valence-corrected chi connectivity index (χ1v) is 5.41. The molecule has 0 saturated carbocycles. The fraction of sp³-hybridized carbons (Fsp3) is 0.200. The van der Waals surface area contributed by atoms with Crippen molar-refractivity contribution in [3.05, 3.63) is 22.7 Å². The van der Waals surface area contributed by atoms with E-state index in [0.717, 1.165) is 15.8 Å². The molecule has 0 spiro atoms. The Kier molecular flexibility index (Phi) is 2.82. The van der Waals surface area contributed by atoms with Gasteiger partial charge in [-0.25, -0.2) is 4.68 Å². The SMILES string of the molecule is COc1ccc(Br)c(-c2nc(N)n(C)n2)c1. The first-order chi connectivity index (χ1) is 7.61. The molecule has 1 aromatic carbocycles. The standard InChI is InChI=1S/C10H11BrN4O/c1-15-10(12)13-9(14-15)7-5-6(16-2)3-4-8(7)11/h3-5H,1-2H3,(H2,12,13,14). The van der Waals surface area contributed by atoms with Gasteiger partial charge < -0.3 is 10.5 Å². The van der Waals surface area contributed by atoms with Gasteiger partial charge in [0.1, 0.15) is 5.75 Å². The molecule has 0 unspecified atom stereocenters. The maximum absolute atomic E-state index is 5.64. The first-order valence-electron chi connectivity index (χ1n) is 4.62. The summed E-state index contributed by atoms with van der Waals surface area (Å²) in [7, 11) is 3.37. The topological polar surface area (TPSA) is 66.0 Å². The van der Waals surface area contributed by atoms with Crippen molar-refractivity contribution in [2.75, 3.05) is 12.8 Å². The van der Waals surface area contributed by atoms with Gasteiger partial charge in [0, 0.05) is 17.1 Å². The lowest BCUT2D eigenvalue weighted by molar-refractivity contribution is 0.415. The molecule has 2 aromatic rings. The second-order valence-corrected chi connectivity index (χ2v) is 4.12. The van der Waals surface area contributed by atoms with Crippen molar-refractivity contribution >= 4 is 21.9 Å². The number of anilines is 1. The van der Waals surface area contributed by atoms with E-state index >= 15 is 0 Å². The predicted octanol–water partition coefficient (Wildman–Crippen LogP) is 1.84. The van der Waals surface area contributed by atoms with Crippen LogP contribution in [0.2, 0.25) is 0 Å². The number of nitrogens with two attached hydrogens (primary N) is 1. The van der Waals surface area contributed by atoms with Crippen LogP contribution in [0.4, 0.5) is 5.95 Å². The summed E-state index contributed by atoms with van der Waals surface area (Å²) in [6.07, 6.45) is 0. The zero-order valence-electron chi connectivity index (χ0n) is 8.94. The molecule has 84 valence electrons. The molecule has 2 N–H and O–H groups in total. The van der Waals surface area contributed by atoms with E-state index in [1.54, 1.807) is 14.2 Å². The molecular weight excluding hydrogens is 272 g/mol. The average Bonchev–Trinajstić information content (AvgIpc) is 2.60. The van der Waals surface area contributed by atoms with Gasteiger partial charge in [0.15, 0.2) is 5.82 Å². The molecule has 0 amide bonds. The minimum absolute atomic E-state index is 0.379. The van der Waals surface area contributed by atoms with E-state index < -0.39 is 0 Å². The maximum atomic E-state index is 5.64. The summed E-state index contributed by atoms with van der Waals surface area (Å²) in [6, 6.07) is 5.61. The summed E-state index contributed by atoms with van der Waals surface area (Å²) >= 11 is 3.44. The third kappa shape index (κ3) is 1.88.